The molecule has 1 atom stereocenters. The van der Waals surface area contributed by atoms with Crippen LogP contribution < -0.4 is 5.32 Å². The van der Waals surface area contributed by atoms with Crippen molar-refractivity contribution in [2.75, 3.05) is 13.1 Å². The highest BCUT2D eigenvalue weighted by Crippen LogP contribution is 2.21. The highest BCUT2D eigenvalue weighted by Gasteiger charge is 2.25. The van der Waals surface area contributed by atoms with Crippen LogP contribution in [0.3, 0.4) is 0 Å². The first-order chi connectivity index (χ1) is 11.6. The van der Waals surface area contributed by atoms with Crippen LogP contribution in [0.4, 0.5) is 13.6 Å². The molecule has 1 aromatic carbocycles. The molecule has 1 unspecified atom stereocenters. The molecule has 0 aliphatic carbocycles. The zero-order chi connectivity index (χ0) is 16.9. The number of alkyl halides is 2. The fourth-order valence-corrected chi connectivity index (χ4v) is 2.90. The highest BCUT2D eigenvalue weighted by molar-refractivity contribution is 5.74. The fraction of sp³-hybridized carbons (Fsp3) is 0.438. The van der Waals surface area contributed by atoms with Crippen LogP contribution in [0.5, 0.6) is 0 Å². The van der Waals surface area contributed by atoms with Gasteiger partial charge in [0.2, 0.25) is 0 Å². The summed E-state index contributed by atoms with van der Waals surface area (Å²) in [5.41, 5.74) is 0.622. The lowest BCUT2D eigenvalue weighted by Crippen LogP contribution is -2.45. The summed E-state index contributed by atoms with van der Waals surface area (Å²) in [6.07, 6.45) is 2.74. The summed E-state index contributed by atoms with van der Waals surface area (Å²) >= 11 is 0. The third-order valence-corrected chi connectivity index (χ3v) is 4.15. The first-order valence-electron chi connectivity index (χ1n) is 7.89. The van der Waals surface area contributed by atoms with Gasteiger partial charge in [-0.3, -0.25) is 0 Å². The Kier molecular flexibility index (Phi) is 5.02. The van der Waals surface area contributed by atoms with Gasteiger partial charge in [-0.15, -0.1) is 5.10 Å². The van der Waals surface area contributed by atoms with Crippen LogP contribution in [-0.2, 0) is 6.54 Å². The molecule has 1 aliphatic rings. The number of piperidine rings is 1. The van der Waals surface area contributed by atoms with Crippen molar-refractivity contribution in [3.05, 3.63) is 47.8 Å². The van der Waals surface area contributed by atoms with Crippen molar-refractivity contribution in [2.24, 2.45) is 0 Å². The number of carbonyl (C=O) groups excluding carboxylic acids is 1. The third kappa shape index (κ3) is 3.87. The van der Waals surface area contributed by atoms with E-state index in [2.05, 4.69) is 15.6 Å². The number of nitrogens with one attached hydrogen (secondary N) is 1. The minimum atomic E-state index is -2.51. The van der Waals surface area contributed by atoms with Crippen molar-refractivity contribution in [3.8, 4) is 0 Å². The van der Waals surface area contributed by atoms with Crippen LogP contribution in [0.15, 0.2) is 36.7 Å². The van der Waals surface area contributed by atoms with Crippen LogP contribution in [0.1, 0.15) is 36.4 Å². The zero-order valence-corrected chi connectivity index (χ0v) is 13.1. The lowest BCUT2D eigenvalue weighted by atomic mass is 10.1. The van der Waals surface area contributed by atoms with Crippen LogP contribution in [0.25, 0.3) is 0 Å². The number of urea groups is 1. The van der Waals surface area contributed by atoms with Crippen LogP contribution in [0.2, 0.25) is 0 Å². The largest absolute Gasteiger partial charge is 0.334 e. The Labute approximate surface area is 138 Å². The van der Waals surface area contributed by atoms with Gasteiger partial charge in [0.05, 0.1) is 12.2 Å². The Morgan fingerprint density at radius 3 is 3.04 bits per heavy atom. The minimum Gasteiger partial charge on any atom is -0.334 e. The molecule has 6 nitrogen and oxygen atoms in total. The van der Waals surface area contributed by atoms with E-state index < -0.39 is 6.43 Å². The monoisotopic (exact) mass is 335 g/mol. The van der Waals surface area contributed by atoms with Crippen LogP contribution >= 0.6 is 0 Å². The summed E-state index contributed by atoms with van der Waals surface area (Å²) in [5.74, 6) is 0. The van der Waals surface area contributed by atoms with Gasteiger partial charge in [0, 0.05) is 31.4 Å². The summed E-state index contributed by atoms with van der Waals surface area (Å²) in [7, 11) is 0. The highest BCUT2D eigenvalue weighted by atomic mass is 19.3. The maximum Gasteiger partial charge on any atom is 0.317 e. The second kappa shape index (κ2) is 7.37. The van der Waals surface area contributed by atoms with Gasteiger partial charge in [-0.05, 0) is 24.5 Å². The topological polar surface area (TPSA) is 63.1 Å². The molecule has 2 amide bonds. The molecule has 1 aromatic heterocycles. The van der Waals surface area contributed by atoms with Gasteiger partial charge in [0.15, 0.2) is 0 Å². The number of hydrogen-bond acceptors (Lipinski definition) is 3. The smallest absolute Gasteiger partial charge is 0.317 e. The van der Waals surface area contributed by atoms with Crippen molar-refractivity contribution in [1.82, 2.24) is 25.2 Å². The molecule has 1 N–H and O–H groups in total. The molecule has 128 valence electrons. The molecular weight excluding hydrogens is 316 g/mol. The maximum absolute atomic E-state index is 12.7. The maximum atomic E-state index is 12.7. The van der Waals surface area contributed by atoms with Gasteiger partial charge >= 0.3 is 6.03 Å². The Balaban J connectivity index is 1.56. The van der Waals surface area contributed by atoms with E-state index in [1.807, 2.05) is 0 Å². The van der Waals surface area contributed by atoms with E-state index in [1.165, 1.54) is 12.1 Å². The molecule has 0 radical (unpaired) electrons. The molecule has 24 heavy (non-hydrogen) atoms. The van der Waals surface area contributed by atoms with E-state index in [1.54, 1.807) is 34.1 Å². The molecule has 1 saturated heterocycles. The second-order valence-electron chi connectivity index (χ2n) is 5.83. The molecular formula is C16H19F2N5O. The average molecular weight is 335 g/mol. The van der Waals surface area contributed by atoms with Crippen LogP contribution in [-0.4, -0.2) is 39.0 Å². The summed E-state index contributed by atoms with van der Waals surface area (Å²) in [6, 6.07) is 6.02. The van der Waals surface area contributed by atoms with Crippen molar-refractivity contribution < 1.29 is 13.6 Å². The number of amides is 2. The molecule has 0 saturated carbocycles. The van der Waals surface area contributed by atoms with Gasteiger partial charge in [0.1, 0.15) is 0 Å². The molecule has 1 aliphatic heterocycles. The zero-order valence-electron chi connectivity index (χ0n) is 13.1. The van der Waals surface area contributed by atoms with Crippen molar-refractivity contribution in [3.63, 3.8) is 0 Å². The third-order valence-electron chi connectivity index (χ3n) is 4.15. The Hall–Kier alpha value is -2.51. The Morgan fingerprint density at radius 1 is 1.42 bits per heavy atom. The van der Waals surface area contributed by atoms with E-state index in [-0.39, 0.29) is 24.2 Å². The average Bonchev–Trinajstić information content (AvgIpc) is 3.15. The van der Waals surface area contributed by atoms with Gasteiger partial charge in [0.25, 0.3) is 6.43 Å². The summed E-state index contributed by atoms with van der Waals surface area (Å²) in [6.45, 7) is 1.46. The van der Waals surface area contributed by atoms with Gasteiger partial charge in [-0.25, -0.2) is 18.3 Å². The second-order valence-corrected chi connectivity index (χ2v) is 5.83. The molecule has 0 spiro atoms. The number of aromatic nitrogens is 3. The van der Waals surface area contributed by atoms with Crippen LogP contribution in [0, 0.1) is 0 Å². The summed E-state index contributed by atoms with van der Waals surface area (Å²) in [5, 5.41) is 10.6. The number of nitrogens with zero attached hydrogens (tertiary/aromatic N) is 4. The summed E-state index contributed by atoms with van der Waals surface area (Å²) in [4.78, 5) is 14.1. The van der Waals surface area contributed by atoms with E-state index >= 15 is 0 Å². The fourth-order valence-electron chi connectivity index (χ4n) is 2.90. The summed E-state index contributed by atoms with van der Waals surface area (Å²) < 4.78 is 27.2. The standard InChI is InChI=1S/C16H19F2N5O/c17-15(18)13-4-1-3-12(9-13)10-19-16(24)22-7-2-5-14(11-22)23-8-6-20-21-23/h1,3-4,6,8-9,14-15H,2,5,7,10-11H2,(H,19,24). The van der Waals surface area contributed by atoms with Crippen molar-refractivity contribution in [1.29, 1.82) is 0 Å². The molecule has 3 rings (SSSR count). The van der Waals surface area contributed by atoms with Gasteiger partial charge in [-0.1, -0.05) is 23.4 Å². The first-order valence-corrected chi connectivity index (χ1v) is 7.89. The normalized spacial score (nSPS) is 18.0. The number of hydrogen-bond donors (Lipinski definition) is 1. The lowest BCUT2D eigenvalue weighted by molar-refractivity contribution is 0.151. The van der Waals surface area contributed by atoms with E-state index in [4.69, 9.17) is 0 Å². The molecule has 8 heteroatoms. The lowest BCUT2D eigenvalue weighted by Gasteiger charge is -2.32. The molecule has 2 aromatic rings. The van der Waals surface area contributed by atoms with Crippen molar-refractivity contribution in [2.45, 2.75) is 31.9 Å². The van der Waals surface area contributed by atoms with E-state index in [0.717, 1.165) is 12.8 Å². The number of benzene rings is 1. The number of likely N-dealkylation sites (tertiary alicyclic amines) is 1. The Morgan fingerprint density at radius 2 is 2.29 bits per heavy atom. The molecule has 0 bridgehead atoms. The Bertz CT molecular complexity index is 677. The van der Waals surface area contributed by atoms with Gasteiger partial charge < -0.3 is 10.2 Å². The molecule has 2 heterocycles. The number of carbonyl (C=O) groups is 1. The van der Waals surface area contributed by atoms with E-state index in [9.17, 15) is 13.6 Å². The number of rotatable bonds is 4. The SMILES string of the molecule is O=C(NCc1cccc(C(F)F)c1)N1CCCC(n2ccnn2)C1. The van der Waals surface area contributed by atoms with Gasteiger partial charge in [-0.2, -0.15) is 0 Å². The predicted molar refractivity (Wildman–Crippen MR) is 83.5 cm³/mol. The van der Waals surface area contributed by atoms with Crippen molar-refractivity contribution >= 4 is 6.03 Å². The molecule has 1 fully saturated rings. The predicted octanol–water partition coefficient (Wildman–Crippen LogP) is 2.76. The number of halogens is 2. The quantitative estimate of drug-likeness (QED) is 0.934. The minimum absolute atomic E-state index is 0.0361. The van der Waals surface area contributed by atoms with E-state index in [0.29, 0.717) is 18.7 Å². The first kappa shape index (κ1) is 16.4.